The first-order chi connectivity index (χ1) is 10.1. The maximum absolute atomic E-state index is 5.41. The zero-order valence-corrected chi connectivity index (χ0v) is 14.1. The van der Waals surface area contributed by atoms with Gasteiger partial charge in [0.15, 0.2) is 0 Å². The van der Waals surface area contributed by atoms with E-state index in [4.69, 9.17) is 4.74 Å². The molecule has 1 heterocycles. The lowest BCUT2D eigenvalue weighted by atomic mass is 10.1. The second kappa shape index (κ2) is 7.43. The minimum Gasteiger partial charge on any atom is -0.495 e. The second-order valence-electron chi connectivity index (χ2n) is 5.09. The first-order valence-corrected chi connectivity index (χ1v) is 7.53. The third kappa shape index (κ3) is 4.72. The van der Waals surface area contributed by atoms with Crippen molar-refractivity contribution >= 4 is 21.6 Å². The maximum atomic E-state index is 5.41. The molecular weight excluding hydrogens is 330 g/mol. The van der Waals surface area contributed by atoms with E-state index in [0.29, 0.717) is 6.54 Å². The summed E-state index contributed by atoms with van der Waals surface area (Å²) < 4.78 is 6.39. The molecule has 1 N–H and O–H groups in total. The number of hydrogen-bond acceptors (Lipinski definition) is 4. The SMILES string of the molecule is COc1ccc(CN(C)C)cc1NCc1ccc(Br)cn1. The summed E-state index contributed by atoms with van der Waals surface area (Å²) in [6, 6.07) is 10.2. The van der Waals surface area contributed by atoms with Crippen LogP contribution in [0.3, 0.4) is 0 Å². The highest BCUT2D eigenvalue weighted by molar-refractivity contribution is 9.10. The Morgan fingerprint density at radius 1 is 1.24 bits per heavy atom. The van der Waals surface area contributed by atoms with Crippen LogP contribution in [0.5, 0.6) is 5.75 Å². The average molecular weight is 350 g/mol. The Hall–Kier alpha value is -1.59. The lowest BCUT2D eigenvalue weighted by molar-refractivity contribution is 0.400. The van der Waals surface area contributed by atoms with E-state index in [1.807, 2.05) is 18.2 Å². The van der Waals surface area contributed by atoms with Gasteiger partial charge in [-0.05, 0) is 59.9 Å². The highest BCUT2D eigenvalue weighted by Gasteiger charge is 2.05. The fourth-order valence-corrected chi connectivity index (χ4v) is 2.29. The average Bonchev–Trinajstić information content (AvgIpc) is 2.46. The van der Waals surface area contributed by atoms with Crippen LogP contribution in [0.4, 0.5) is 5.69 Å². The van der Waals surface area contributed by atoms with E-state index in [1.165, 1.54) is 5.56 Å². The Morgan fingerprint density at radius 3 is 2.67 bits per heavy atom. The number of anilines is 1. The Labute approximate surface area is 134 Å². The molecule has 0 spiro atoms. The van der Waals surface area contributed by atoms with Gasteiger partial charge in [0.1, 0.15) is 5.75 Å². The number of hydrogen-bond donors (Lipinski definition) is 1. The number of aromatic nitrogens is 1. The molecule has 0 aliphatic rings. The molecule has 1 aromatic carbocycles. The number of benzene rings is 1. The summed E-state index contributed by atoms with van der Waals surface area (Å²) in [5, 5.41) is 3.39. The van der Waals surface area contributed by atoms with Crippen molar-refractivity contribution in [3.63, 3.8) is 0 Å². The van der Waals surface area contributed by atoms with E-state index in [-0.39, 0.29) is 0 Å². The molecule has 0 aliphatic carbocycles. The summed E-state index contributed by atoms with van der Waals surface area (Å²) in [4.78, 5) is 6.50. The molecule has 0 atom stereocenters. The molecule has 5 heteroatoms. The van der Waals surface area contributed by atoms with Crippen molar-refractivity contribution < 1.29 is 4.74 Å². The molecule has 0 amide bonds. The quantitative estimate of drug-likeness (QED) is 0.865. The molecule has 0 unspecified atom stereocenters. The van der Waals surface area contributed by atoms with Crippen LogP contribution in [0.1, 0.15) is 11.3 Å². The Balaban J connectivity index is 2.11. The van der Waals surface area contributed by atoms with Gasteiger partial charge in [-0.2, -0.15) is 0 Å². The zero-order chi connectivity index (χ0) is 15.2. The van der Waals surface area contributed by atoms with E-state index in [9.17, 15) is 0 Å². The van der Waals surface area contributed by atoms with Gasteiger partial charge in [0.2, 0.25) is 0 Å². The highest BCUT2D eigenvalue weighted by atomic mass is 79.9. The minimum absolute atomic E-state index is 0.662. The van der Waals surface area contributed by atoms with Gasteiger partial charge in [-0.25, -0.2) is 0 Å². The molecule has 112 valence electrons. The topological polar surface area (TPSA) is 37.4 Å². The van der Waals surface area contributed by atoms with Gasteiger partial charge in [-0.3, -0.25) is 4.98 Å². The summed E-state index contributed by atoms with van der Waals surface area (Å²) in [7, 11) is 5.80. The van der Waals surface area contributed by atoms with Crippen LogP contribution in [0.15, 0.2) is 41.0 Å². The lowest BCUT2D eigenvalue weighted by Gasteiger charge is -2.15. The number of nitrogens with zero attached hydrogens (tertiary/aromatic N) is 2. The number of nitrogens with one attached hydrogen (secondary N) is 1. The number of methoxy groups -OCH3 is 1. The van der Waals surface area contributed by atoms with E-state index in [2.05, 4.69) is 57.4 Å². The van der Waals surface area contributed by atoms with Crippen molar-refractivity contribution in [3.05, 3.63) is 52.3 Å². The van der Waals surface area contributed by atoms with E-state index in [1.54, 1.807) is 13.3 Å². The van der Waals surface area contributed by atoms with Gasteiger partial charge in [-0.1, -0.05) is 6.07 Å². The Kier molecular flexibility index (Phi) is 5.59. The highest BCUT2D eigenvalue weighted by Crippen LogP contribution is 2.26. The Bertz CT molecular complexity index is 585. The number of rotatable bonds is 6. The zero-order valence-electron chi connectivity index (χ0n) is 12.6. The first kappa shape index (κ1) is 15.8. The van der Waals surface area contributed by atoms with Gasteiger partial charge >= 0.3 is 0 Å². The predicted octanol–water partition coefficient (Wildman–Crippen LogP) is 3.53. The van der Waals surface area contributed by atoms with E-state index < -0.39 is 0 Å². The number of ether oxygens (including phenoxy) is 1. The third-order valence-electron chi connectivity index (χ3n) is 3.01. The van der Waals surface area contributed by atoms with Crippen LogP contribution < -0.4 is 10.1 Å². The fraction of sp³-hybridized carbons (Fsp3) is 0.312. The number of halogens is 1. The summed E-state index contributed by atoms with van der Waals surface area (Å²) >= 11 is 3.39. The van der Waals surface area contributed by atoms with E-state index >= 15 is 0 Å². The van der Waals surface area contributed by atoms with Crippen molar-refractivity contribution in [3.8, 4) is 5.75 Å². The standard InChI is InChI=1S/C16H20BrN3O/c1-20(2)11-12-4-7-16(21-3)15(8-12)19-10-14-6-5-13(17)9-18-14/h4-9,19H,10-11H2,1-3H3. The van der Waals surface area contributed by atoms with Crippen LogP contribution in [-0.4, -0.2) is 31.1 Å². The van der Waals surface area contributed by atoms with Crippen LogP contribution in [0, 0.1) is 0 Å². The molecule has 0 saturated carbocycles. The minimum atomic E-state index is 0.662. The molecular formula is C16H20BrN3O. The number of pyridine rings is 1. The van der Waals surface area contributed by atoms with Crippen molar-refractivity contribution in [2.24, 2.45) is 0 Å². The molecule has 1 aromatic heterocycles. The largest absolute Gasteiger partial charge is 0.495 e. The normalized spacial score (nSPS) is 10.7. The first-order valence-electron chi connectivity index (χ1n) is 6.74. The van der Waals surface area contributed by atoms with Gasteiger partial charge < -0.3 is 15.0 Å². The lowest BCUT2D eigenvalue weighted by Crippen LogP contribution is -2.11. The molecule has 0 radical (unpaired) electrons. The van der Waals surface area contributed by atoms with Crippen LogP contribution in [-0.2, 0) is 13.1 Å². The van der Waals surface area contributed by atoms with Gasteiger partial charge in [-0.15, -0.1) is 0 Å². The predicted molar refractivity (Wildman–Crippen MR) is 89.6 cm³/mol. The molecule has 2 rings (SSSR count). The summed E-state index contributed by atoms with van der Waals surface area (Å²) in [6.45, 7) is 1.56. The molecule has 2 aromatic rings. The molecule has 0 bridgehead atoms. The van der Waals surface area contributed by atoms with Crippen molar-refractivity contribution in [2.75, 3.05) is 26.5 Å². The summed E-state index contributed by atoms with van der Waals surface area (Å²) in [6.07, 6.45) is 1.80. The molecule has 0 fully saturated rings. The molecule has 0 saturated heterocycles. The summed E-state index contributed by atoms with van der Waals surface area (Å²) in [5.41, 5.74) is 3.21. The molecule has 21 heavy (non-hydrogen) atoms. The van der Waals surface area contributed by atoms with Gasteiger partial charge in [0.25, 0.3) is 0 Å². The van der Waals surface area contributed by atoms with Gasteiger partial charge in [0, 0.05) is 17.2 Å². The smallest absolute Gasteiger partial charge is 0.141 e. The maximum Gasteiger partial charge on any atom is 0.141 e. The van der Waals surface area contributed by atoms with Crippen LogP contribution >= 0.6 is 15.9 Å². The van der Waals surface area contributed by atoms with Gasteiger partial charge in [0.05, 0.1) is 25.0 Å². The molecule has 0 aliphatic heterocycles. The van der Waals surface area contributed by atoms with Crippen molar-refractivity contribution in [2.45, 2.75) is 13.1 Å². The van der Waals surface area contributed by atoms with Crippen LogP contribution in [0.2, 0.25) is 0 Å². The van der Waals surface area contributed by atoms with E-state index in [0.717, 1.165) is 28.1 Å². The third-order valence-corrected chi connectivity index (χ3v) is 3.48. The van der Waals surface area contributed by atoms with Crippen molar-refractivity contribution in [1.29, 1.82) is 0 Å². The Morgan fingerprint density at radius 2 is 2.05 bits per heavy atom. The monoisotopic (exact) mass is 349 g/mol. The fourth-order valence-electron chi connectivity index (χ4n) is 2.05. The van der Waals surface area contributed by atoms with Crippen molar-refractivity contribution in [1.82, 2.24) is 9.88 Å². The summed E-state index contributed by atoms with van der Waals surface area (Å²) in [5.74, 6) is 0.842. The second-order valence-corrected chi connectivity index (χ2v) is 6.01. The molecule has 4 nitrogen and oxygen atoms in total. The van der Waals surface area contributed by atoms with Crippen LogP contribution in [0.25, 0.3) is 0 Å².